The second kappa shape index (κ2) is 9.17. The molecule has 0 aromatic heterocycles. The summed E-state index contributed by atoms with van der Waals surface area (Å²) in [7, 11) is 2.14. The Bertz CT molecular complexity index is 775. The molecule has 0 bridgehead atoms. The molecule has 1 heterocycles. The van der Waals surface area contributed by atoms with Crippen molar-refractivity contribution in [2.45, 2.75) is 12.8 Å². The van der Waals surface area contributed by atoms with Crippen molar-refractivity contribution in [1.29, 1.82) is 0 Å². The number of ether oxygens (including phenoxy) is 1. The molecule has 0 amide bonds. The van der Waals surface area contributed by atoms with Crippen LogP contribution in [-0.2, 0) is 6.42 Å². The third kappa shape index (κ3) is 5.66. The number of benzene rings is 2. The zero-order valence-electron chi connectivity index (χ0n) is 15.4. The number of aryl methyl sites for hydroxylation is 1. The van der Waals surface area contributed by atoms with Gasteiger partial charge in [0.05, 0.1) is 4.92 Å². The highest BCUT2D eigenvalue weighted by atomic mass is 35.5. The first kappa shape index (κ1) is 19.6. The molecule has 0 N–H and O–H groups in total. The van der Waals surface area contributed by atoms with Crippen LogP contribution in [0.15, 0.2) is 42.5 Å². The van der Waals surface area contributed by atoms with Gasteiger partial charge in [-0.2, -0.15) is 0 Å². The molecule has 27 heavy (non-hydrogen) atoms. The summed E-state index contributed by atoms with van der Waals surface area (Å²) >= 11 is 5.91. The number of piperazine rings is 1. The Morgan fingerprint density at radius 3 is 2.48 bits per heavy atom. The lowest BCUT2D eigenvalue weighted by Gasteiger charge is -2.32. The van der Waals surface area contributed by atoms with Crippen LogP contribution < -0.4 is 4.74 Å². The van der Waals surface area contributed by atoms with Crippen LogP contribution in [0, 0.1) is 10.1 Å². The lowest BCUT2D eigenvalue weighted by Crippen LogP contribution is -2.44. The fourth-order valence-corrected chi connectivity index (χ4v) is 3.29. The SMILES string of the molecule is CN1CCN(CCCc2cc([N+](=O)[O-])ccc2Oc2ccc(Cl)cc2)CC1. The summed E-state index contributed by atoms with van der Waals surface area (Å²) in [6.45, 7) is 5.29. The standard InChI is InChI=1S/C20H24ClN3O3/c1-22-11-13-23(14-12-22)10-2-3-16-15-18(24(25)26)6-9-20(16)27-19-7-4-17(21)5-8-19/h4-9,15H,2-3,10-14H2,1H3. The second-order valence-corrected chi connectivity index (χ2v) is 7.29. The molecule has 0 radical (unpaired) electrons. The van der Waals surface area contributed by atoms with E-state index in [0.29, 0.717) is 16.5 Å². The molecule has 0 unspecified atom stereocenters. The number of nitrogens with zero attached hydrogens (tertiary/aromatic N) is 3. The summed E-state index contributed by atoms with van der Waals surface area (Å²) in [4.78, 5) is 15.6. The Morgan fingerprint density at radius 2 is 1.81 bits per heavy atom. The van der Waals surface area contributed by atoms with Gasteiger partial charge in [-0.25, -0.2) is 0 Å². The predicted molar refractivity (Wildman–Crippen MR) is 107 cm³/mol. The van der Waals surface area contributed by atoms with Crippen LogP contribution in [0.1, 0.15) is 12.0 Å². The van der Waals surface area contributed by atoms with E-state index in [-0.39, 0.29) is 10.6 Å². The molecule has 2 aromatic carbocycles. The van der Waals surface area contributed by atoms with Gasteiger partial charge in [0.15, 0.2) is 0 Å². The maximum absolute atomic E-state index is 11.1. The molecule has 6 nitrogen and oxygen atoms in total. The van der Waals surface area contributed by atoms with Crippen LogP contribution in [0.5, 0.6) is 11.5 Å². The lowest BCUT2D eigenvalue weighted by atomic mass is 10.1. The van der Waals surface area contributed by atoms with Crippen molar-refractivity contribution in [3.05, 3.63) is 63.2 Å². The average molecular weight is 390 g/mol. The molecular formula is C20H24ClN3O3. The first-order valence-corrected chi connectivity index (χ1v) is 9.51. The number of hydrogen-bond donors (Lipinski definition) is 0. The summed E-state index contributed by atoms with van der Waals surface area (Å²) < 4.78 is 5.95. The fourth-order valence-electron chi connectivity index (χ4n) is 3.17. The zero-order chi connectivity index (χ0) is 19.2. The molecule has 1 fully saturated rings. The maximum atomic E-state index is 11.1. The van der Waals surface area contributed by atoms with E-state index >= 15 is 0 Å². The van der Waals surface area contributed by atoms with Gasteiger partial charge in [0, 0.05) is 48.9 Å². The highest BCUT2D eigenvalue weighted by molar-refractivity contribution is 6.30. The van der Waals surface area contributed by atoms with Crippen LogP contribution in [0.25, 0.3) is 0 Å². The van der Waals surface area contributed by atoms with Gasteiger partial charge < -0.3 is 14.5 Å². The van der Waals surface area contributed by atoms with Gasteiger partial charge in [0.25, 0.3) is 5.69 Å². The first-order chi connectivity index (χ1) is 13.0. The van der Waals surface area contributed by atoms with Crippen molar-refractivity contribution in [2.75, 3.05) is 39.8 Å². The van der Waals surface area contributed by atoms with Crippen molar-refractivity contribution in [3.8, 4) is 11.5 Å². The van der Waals surface area contributed by atoms with E-state index in [1.165, 1.54) is 6.07 Å². The van der Waals surface area contributed by atoms with Crippen LogP contribution >= 0.6 is 11.6 Å². The van der Waals surface area contributed by atoms with Gasteiger partial charge >= 0.3 is 0 Å². The highest BCUT2D eigenvalue weighted by Crippen LogP contribution is 2.30. The van der Waals surface area contributed by atoms with Crippen LogP contribution in [-0.4, -0.2) is 54.5 Å². The van der Waals surface area contributed by atoms with E-state index in [1.807, 2.05) is 0 Å². The summed E-state index contributed by atoms with van der Waals surface area (Å²) in [5.74, 6) is 1.31. The Morgan fingerprint density at radius 1 is 1.11 bits per heavy atom. The van der Waals surface area contributed by atoms with Gasteiger partial charge in [0.1, 0.15) is 11.5 Å². The molecule has 0 aliphatic carbocycles. The van der Waals surface area contributed by atoms with Crippen molar-refractivity contribution < 1.29 is 9.66 Å². The van der Waals surface area contributed by atoms with E-state index in [2.05, 4.69) is 16.8 Å². The number of hydrogen-bond acceptors (Lipinski definition) is 5. The number of nitro groups is 1. The topological polar surface area (TPSA) is 58.9 Å². The van der Waals surface area contributed by atoms with Gasteiger partial charge in [-0.15, -0.1) is 0 Å². The second-order valence-electron chi connectivity index (χ2n) is 6.85. The summed E-state index contributed by atoms with van der Waals surface area (Å²) in [5.41, 5.74) is 0.946. The Kier molecular flexibility index (Phi) is 6.66. The minimum Gasteiger partial charge on any atom is -0.457 e. The summed E-state index contributed by atoms with van der Waals surface area (Å²) in [6, 6.07) is 11.9. The van der Waals surface area contributed by atoms with Crippen LogP contribution in [0.2, 0.25) is 5.02 Å². The van der Waals surface area contributed by atoms with E-state index in [9.17, 15) is 10.1 Å². The molecule has 1 saturated heterocycles. The molecular weight excluding hydrogens is 366 g/mol. The fraction of sp³-hybridized carbons (Fsp3) is 0.400. The van der Waals surface area contributed by atoms with Gasteiger partial charge in [-0.3, -0.25) is 10.1 Å². The Balaban J connectivity index is 1.67. The minimum absolute atomic E-state index is 0.0908. The number of likely N-dealkylation sites (N-methyl/N-ethyl adjacent to an activating group) is 1. The molecule has 7 heteroatoms. The van der Waals surface area contributed by atoms with E-state index in [1.54, 1.807) is 36.4 Å². The summed E-state index contributed by atoms with van der Waals surface area (Å²) in [6.07, 6.45) is 1.67. The molecule has 0 saturated carbocycles. The van der Waals surface area contributed by atoms with Crippen molar-refractivity contribution in [1.82, 2.24) is 9.80 Å². The number of nitro benzene ring substituents is 1. The lowest BCUT2D eigenvalue weighted by molar-refractivity contribution is -0.384. The van der Waals surface area contributed by atoms with E-state index in [4.69, 9.17) is 16.3 Å². The molecule has 2 aromatic rings. The monoisotopic (exact) mass is 389 g/mol. The Hall–Kier alpha value is -2.15. The van der Waals surface area contributed by atoms with Crippen molar-refractivity contribution in [3.63, 3.8) is 0 Å². The van der Waals surface area contributed by atoms with Gasteiger partial charge in [-0.1, -0.05) is 11.6 Å². The van der Waals surface area contributed by atoms with Gasteiger partial charge in [-0.05, 0) is 56.8 Å². The highest BCUT2D eigenvalue weighted by Gasteiger charge is 2.15. The molecule has 1 aliphatic heterocycles. The quantitative estimate of drug-likeness (QED) is 0.524. The molecule has 3 rings (SSSR count). The maximum Gasteiger partial charge on any atom is 0.269 e. The normalized spacial score (nSPS) is 15.6. The molecule has 0 spiro atoms. The van der Waals surface area contributed by atoms with Crippen LogP contribution in [0.4, 0.5) is 5.69 Å². The smallest absolute Gasteiger partial charge is 0.269 e. The van der Waals surface area contributed by atoms with Crippen molar-refractivity contribution >= 4 is 17.3 Å². The van der Waals surface area contributed by atoms with Crippen LogP contribution in [0.3, 0.4) is 0 Å². The zero-order valence-corrected chi connectivity index (χ0v) is 16.2. The van der Waals surface area contributed by atoms with Gasteiger partial charge in [0.2, 0.25) is 0 Å². The number of rotatable bonds is 7. The van der Waals surface area contributed by atoms with Crippen molar-refractivity contribution in [2.24, 2.45) is 0 Å². The average Bonchev–Trinajstić information content (AvgIpc) is 2.66. The van der Waals surface area contributed by atoms with E-state index < -0.39 is 0 Å². The third-order valence-electron chi connectivity index (χ3n) is 4.81. The number of halogens is 1. The molecule has 0 atom stereocenters. The summed E-state index contributed by atoms with van der Waals surface area (Å²) in [5, 5.41) is 11.8. The first-order valence-electron chi connectivity index (χ1n) is 9.13. The molecule has 1 aliphatic rings. The van der Waals surface area contributed by atoms with E-state index in [0.717, 1.165) is 51.1 Å². The predicted octanol–water partition coefficient (Wildman–Crippen LogP) is 4.22. The number of non-ortho nitro benzene ring substituents is 1. The Labute approximate surface area is 164 Å². The minimum atomic E-state index is -0.365. The third-order valence-corrected chi connectivity index (χ3v) is 5.06. The largest absolute Gasteiger partial charge is 0.457 e. The molecule has 144 valence electrons.